The molecule has 2 amide bonds. The molecule has 1 heterocycles. The van der Waals surface area contributed by atoms with Crippen molar-refractivity contribution in [3.63, 3.8) is 0 Å². The van der Waals surface area contributed by atoms with Gasteiger partial charge in [-0.1, -0.05) is 30.3 Å². The maximum absolute atomic E-state index is 12.1. The molecule has 1 aliphatic rings. The van der Waals surface area contributed by atoms with Gasteiger partial charge >= 0.3 is 6.09 Å². The van der Waals surface area contributed by atoms with Gasteiger partial charge in [0.25, 0.3) is 0 Å². The number of aliphatic hydroxyl groups excluding tert-OH is 1. The summed E-state index contributed by atoms with van der Waals surface area (Å²) in [4.78, 5) is 27.1. The molecule has 0 bridgehead atoms. The Morgan fingerprint density at radius 1 is 1.33 bits per heavy atom. The second-order valence-corrected chi connectivity index (χ2v) is 4.96. The van der Waals surface area contributed by atoms with Gasteiger partial charge in [0.15, 0.2) is 0 Å². The van der Waals surface area contributed by atoms with Gasteiger partial charge in [0, 0.05) is 19.6 Å². The number of nitrogens with zero attached hydrogens (tertiary/aromatic N) is 2. The lowest BCUT2D eigenvalue weighted by Gasteiger charge is -2.38. The fraction of sp³-hybridized carbons (Fsp3) is 0.467. The quantitative estimate of drug-likeness (QED) is 0.893. The van der Waals surface area contributed by atoms with Crippen molar-refractivity contribution in [3.05, 3.63) is 35.9 Å². The van der Waals surface area contributed by atoms with Crippen LogP contribution < -0.4 is 0 Å². The van der Waals surface area contributed by atoms with Crippen LogP contribution in [0.5, 0.6) is 0 Å². The molecule has 2 rings (SSSR count). The van der Waals surface area contributed by atoms with Gasteiger partial charge in [-0.05, 0) is 12.5 Å². The molecule has 1 aliphatic heterocycles. The Bertz CT molecular complexity index is 492. The molecule has 1 saturated heterocycles. The van der Waals surface area contributed by atoms with E-state index in [-0.39, 0.29) is 19.1 Å². The first-order valence-electron chi connectivity index (χ1n) is 7.00. The van der Waals surface area contributed by atoms with Gasteiger partial charge in [-0.3, -0.25) is 9.69 Å². The Balaban J connectivity index is 1.90. The van der Waals surface area contributed by atoms with E-state index >= 15 is 0 Å². The van der Waals surface area contributed by atoms with Gasteiger partial charge in [0.1, 0.15) is 12.6 Å². The van der Waals surface area contributed by atoms with Gasteiger partial charge in [-0.2, -0.15) is 0 Å². The van der Waals surface area contributed by atoms with Gasteiger partial charge in [0.2, 0.25) is 5.91 Å². The van der Waals surface area contributed by atoms with Gasteiger partial charge in [0.05, 0.1) is 6.61 Å². The Labute approximate surface area is 123 Å². The molecule has 1 aromatic rings. The number of aliphatic hydroxyl groups is 1. The molecule has 21 heavy (non-hydrogen) atoms. The van der Waals surface area contributed by atoms with Crippen LogP contribution in [0.25, 0.3) is 0 Å². The first-order chi connectivity index (χ1) is 10.1. The Hall–Kier alpha value is -2.08. The van der Waals surface area contributed by atoms with E-state index in [2.05, 4.69) is 0 Å². The maximum Gasteiger partial charge on any atom is 0.410 e. The third kappa shape index (κ3) is 3.72. The summed E-state index contributed by atoms with van der Waals surface area (Å²) in [6.07, 6.45) is -0.483. The van der Waals surface area contributed by atoms with E-state index in [1.165, 1.54) is 4.90 Å². The third-order valence-electron chi connectivity index (χ3n) is 3.56. The molecular weight excluding hydrogens is 272 g/mol. The summed E-state index contributed by atoms with van der Waals surface area (Å²) in [5, 5.41) is 8.91. The van der Waals surface area contributed by atoms with Crippen molar-refractivity contribution in [2.75, 3.05) is 26.2 Å². The van der Waals surface area contributed by atoms with Crippen molar-refractivity contribution in [2.45, 2.75) is 19.6 Å². The van der Waals surface area contributed by atoms with Crippen LogP contribution in [-0.2, 0) is 16.1 Å². The lowest BCUT2D eigenvalue weighted by Crippen LogP contribution is -2.58. The van der Waals surface area contributed by atoms with Crippen LogP contribution in [0, 0.1) is 0 Å². The molecule has 0 radical (unpaired) electrons. The highest BCUT2D eigenvalue weighted by Crippen LogP contribution is 2.13. The van der Waals surface area contributed by atoms with Crippen molar-refractivity contribution in [3.8, 4) is 0 Å². The van der Waals surface area contributed by atoms with E-state index in [4.69, 9.17) is 9.84 Å². The molecule has 1 aromatic carbocycles. The van der Waals surface area contributed by atoms with E-state index in [0.717, 1.165) is 5.56 Å². The Morgan fingerprint density at radius 3 is 2.71 bits per heavy atom. The van der Waals surface area contributed by atoms with Crippen molar-refractivity contribution >= 4 is 12.0 Å². The molecule has 114 valence electrons. The minimum absolute atomic E-state index is 0.0725. The zero-order chi connectivity index (χ0) is 15.2. The third-order valence-corrected chi connectivity index (χ3v) is 3.56. The molecule has 0 unspecified atom stereocenters. The summed E-state index contributed by atoms with van der Waals surface area (Å²) in [5.41, 5.74) is 0.906. The number of ether oxygens (including phenoxy) is 1. The highest BCUT2D eigenvalue weighted by molar-refractivity contribution is 5.86. The van der Waals surface area contributed by atoms with Crippen molar-refractivity contribution < 1.29 is 19.4 Å². The van der Waals surface area contributed by atoms with Crippen LogP contribution in [0.4, 0.5) is 4.79 Å². The molecule has 1 N–H and O–H groups in total. The van der Waals surface area contributed by atoms with Crippen molar-refractivity contribution in [2.24, 2.45) is 0 Å². The van der Waals surface area contributed by atoms with Crippen molar-refractivity contribution in [1.82, 2.24) is 9.80 Å². The number of amides is 2. The van der Waals surface area contributed by atoms with E-state index in [0.29, 0.717) is 19.6 Å². The topological polar surface area (TPSA) is 70.1 Å². The lowest BCUT2D eigenvalue weighted by atomic mass is 10.2. The summed E-state index contributed by atoms with van der Waals surface area (Å²) in [5.74, 6) is -0.160. The first-order valence-corrected chi connectivity index (χ1v) is 7.00. The standard InChI is InChI=1S/C15H20N2O4/c1-12-14(19)16(9-10-18)7-8-17(12)15(20)21-11-13-5-3-2-4-6-13/h2-6,12,18H,7-11H2,1H3/t12-/m0/s1. The van der Waals surface area contributed by atoms with Gasteiger partial charge < -0.3 is 14.7 Å². The molecule has 1 fully saturated rings. The molecule has 6 heteroatoms. The maximum atomic E-state index is 12.1. The zero-order valence-corrected chi connectivity index (χ0v) is 12.1. The molecule has 0 aromatic heterocycles. The van der Waals surface area contributed by atoms with Crippen LogP contribution in [0.3, 0.4) is 0 Å². The number of hydrogen-bond acceptors (Lipinski definition) is 4. The smallest absolute Gasteiger partial charge is 0.410 e. The number of carbonyl (C=O) groups is 2. The summed E-state index contributed by atoms with van der Waals surface area (Å²) in [7, 11) is 0. The minimum atomic E-state index is -0.562. The number of carbonyl (C=O) groups excluding carboxylic acids is 2. The van der Waals surface area contributed by atoms with Crippen LogP contribution in [0.15, 0.2) is 30.3 Å². The fourth-order valence-electron chi connectivity index (χ4n) is 2.32. The second-order valence-electron chi connectivity index (χ2n) is 4.96. The molecule has 6 nitrogen and oxygen atoms in total. The Morgan fingerprint density at radius 2 is 2.05 bits per heavy atom. The number of benzene rings is 1. The average molecular weight is 292 g/mol. The number of piperazine rings is 1. The highest BCUT2D eigenvalue weighted by Gasteiger charge is 2.34. The number of β-amino-alcohol motifs (C(OH)–C–C–N with tert-alkyl or cyclic N) is 1. The number of rotatable bonds is 4. The summed E-state index contributed by atoms with van der Waals surface area (Å²) < 4.78 is 5.25. The molecule has 1 atom stereocenters. The first kappa shape index (κ1) is 15.3. The van der Waals surface area contributed by atoms with Crippen LogP contribution in [0.2, 0.25) is 0 Å². The van der Waals surface area contributed by atoms with Gasteiger partial charge in [-0.25, -0.2) is 4.79 Å². The molecular formula is C15H20N2O4. The van der Waals surface area contributed by atoms with E-state index in [9.17, 15) is 9.59 Å². The fourth-order valence-corrected chi connectivity index (χ4v) is 2.32. The minimum Gasteiger partial charge on any atom is -0.445 e. The van der Waals surface area contributed by atoms with E-state index < -0.39 is 12.1 Å². The van der Waals surface area contributed by atoms with E-state index in [1.807, 2.05) is 30.3 Å². The second kappa shape index (κ2) is 7.08. The normalized spacial score (nSPS) is 18.8. The summed E-state index contributed by atoms with van der Waals surface area (Å²) >= 11 is 0. The van der Waals surface area contributed by atoms with Crippen molar-refractivity contribution in [1.29, 1.82) is 0 Å². The SMILES string of the molecule is C[C@H]1C(=O)N(CCO)CCN1C(=O)OCc1ccccc1. The predicted octanol–water partition coefficient (Wildman–Crippen LogP) is 0.848. The predicted molar refractivity (Wildman–Crippen MR) is 76.5 cm³/mol. The highest BCUT2D eigenvalue weighted by atomic mass is 16.6. The monoisotopic (exact) mass is 292 g/mol. The average Bonchev–Trinajstić information content (AvgIpc) is 2.51. The summed E-state index contributed by atoms with van der Waals surface area (Å²) in [6.45, 7) is 2.94. The number of hydrogen-bond donors (Lipinski definition) is 1. The van der Waals surface area contributed by atoms with Crippen LogP contribution in [0.1, 0.15) is 12.5 Å². The van der Waals surface area contributed by atoms with E-state index in [1.54, 1.807) is 11.8 Å². The zero-order valence-electron chi connectivity index (χ0n) is 12.1. The molecule has 0 spiro atoms. The molecule has 0 aliphatic carbocycles. The Kier molecular flexibility index (Phi) is 5.16. The lowest BCUT2D eigenvalue weighted by molar-refractivity contribution is -0.140. The van der Waals surface area contributed by atoms with Crippen LogP contribution in [-0.4, -0.2) is 59.2 Å². The van der Waals surface area contributed by atoms with Gasteiger partial charge in [-0.15, -0.1) is 0 Å². The largest absolute Gasteiger partial charge is 0.445 e. The molecule has 0 saturated carbocycles. The summed E-state index contributed by atoms with van der Waals surface area (Å²) in [6, 6.07) is 8.84. The van der Waals surface area contributed by atoms with Crippen LogP contribution >= 0.6 is 0 Å².